The monoisotopic (exact) mass is 594 g/mol. The molecule has 1 amide bonds. The molecule has 222 valence electrons. The maximum atomic E-state index is 12.7. The van der Waals surface area contributed by atoms with E-state index in [0.717, 1.165) is 11.1 Å². The first-order valence-corrected chi connectivity index (χ1v) is 13.5. The van der Waals surface area contributed by atoms with E-state index in [1.807, 2.05) is 0 Å². The van der Waals surface area contributed by atoms with Gasteiger partial charge in [0.25, 0.3) is 5.69 Å². The third-order valence-corrected chi connectivity index (χ3v) is 7.09. The van der Waals surface area contributed by atoms with E-state index in [0.29, 0.717) is 17.0 Å². The number of anilines is 1. The standard InChI is InChI=1S/C33H26N2O9/c1-42-29-4-2-3-24(17-29)33(39)44-28-15-9-23(10-16-28)30(36)20-43-32(38)25-18-31(37)34(19-25)26-11-5-21(6-12-26)22-7-13-27(14-8-22)35(40)41/h2-17,25H,18-20H2,1H3/t25-/m0/s1. The second-order valence-electron chi connectivity index (χ2n) is 9.93. The Kier molecular flexibility index (Phi) is 8.75. The Labute approximate surface area is 251 Å². The molecule has 0 bridgehead atoms. The Morgan fingerprint density at radius 1 is 0.864 bits per heavy atom. The lowest BCUT2D eigenvalue weighted by Crippen LogP contribution is -2.27. The normalized spacial score (nSPS) is 14.2. The average Bonchev–Trinajstić information content (AvgIpc) is 3.45. The Morgan fingerprint density at radius 3 is 2.16 bits per heavy atom. The van der Waals surface area contributed by atoms with E-state index < -0.39 is 35.2 Å². The van der Waals surface area contributed by atoms with Gasteiger partial charge in [-0.1, -0.05) is 18.2 Å². The number of carbonyl (C=O) groups excluding carboxylic acids is 4. The molecule has 0 unspecified atom stereocenters. The van der Waals surface area contributed by atoms with Gasteiger partial charge in [0.15, 0.2) is 12.4 Å². The molecule has 4 aromatic rings. The number of amides is 1. The molecule has 1 fully saturated rings. The smallest absolute Gasteiger partial charge is 0.343 e. The van der Waals surface area contributed by atoms with Gasteiger partial charge in [0.2, 0.25) is 5.91 Å². The quantitative estimate of drug-likeness (QED) is 0.0789. The van der Waals surface area contributed by atoms with Gasteiger partial charge < -0.3 is 19.1 Å². The van der Waals surface area contributed by atoms with Crippen molar-refractivity contribution in [2.75, 3.05) is 25.2 Å². The molecule has 0 spiro atoms. The van der Waals surface area contributed by atoms with Gasteiger partial charge >= 0.3 is 11.9 Å². The van der Waals surface area contributed by atoms with Crippen LogP contribution in [-0.2, 0) is 14.3 Å². The topological polar surface area (TPSA) is 142 Å². The van der Waals surface area contributed by atoms with E-state index in [2.05, 4.69) is 0 Å². The summed E-state index contributed by atoms with van der Waals surface area (Å²) in [6.45, 7) is -0.396. The highest BCUT2D eigenvalue weighted by Crippen LogP contribution is 2.29. The minimum absolute atomic E-state index is 0.00527. The number of hydrogen-bond donors (Lipinski definition) is 0. The molecule has 1 saturated heterocycles. The lowest BCUT2D eigenvalue weighted by molar-refractivity contribution is -0.384. The van der Waals surface area contributed by atoms with Crippen LogP contribution in [0.5, 0.6) is 11.5 Å². The average molecular weight is 595 g/mol. The van der Waals surface area contributed by atoms with Gasteiger partial charge in [-0.15, -0.1) is 0 Å². The number of rotatable bonds is 10. The third kappa shape index (κ3) is 6.79. The van der Waals surface area contributed by atoms with Crippen LogP contribution in [0.2, 0.25) is 0 Å². The summed E-state index contributed by atoms with van der Waals surface area (Å²) in [4.78, 5) is 62.3. The predicted octanol–water partition coefficient (Wildman–Crippen LogP) is 5.27. The minimum Gasteiger partial charge on any atom is -0.497 e. The van der Waals surface area contributed by atoms with Crippen molar-refractivity contribution in [2.45, 2.75) is 6.42 Å². The van der Waals surface area contributed by atoms with E-state index in [9.17, 15) is 29.3 Å². The molecule has 1 atom stereocenters. The van der Waals surface area contributed by atoms with Gasteiger partial charge in [0, 0.05) is 36.3 Å². The predicted molar refractivity (Wildman–Crippen MR) is 159 cm³/mol. The highest BCUT2D eigenvalue weighted by molar-refractivity contribution is 6.01. The molecule has 0 N–H and O–H groups in total. The molecule has 5 rings (SSSR count). The van der Waals surface area contributed by atoms with Crippen LogP contribution in [-0.4, -0.2) is 48.8 Å². The number of ether oxygens (including phenoxy) is 3. The van der Waals surface area contributed by atoms with Crippen molar-refractivity contribution in [2.24, 2.45) is 5.92 Å². The molecule has 44 heavy (non-hydrogen) atoms. The van der Waals surface area contributed by atoms with Gasteiger partial charge in [0.05, 0.1) is 23.5 Å². The van der Waals surface area contributed by atoms with E-state index >= 15 is 0 Å². The number of hydrogen-bond acceptors (Lipinski definition) is 9. The Hall–Kier alpha value is -5.84. The number of ketones is 1. The first kappa shape index (κ1) is 29.6. The summed E-state index contributed by atoms with van der Waals surface area (Å²) in [6.07, 6.45) is -0.0511. The summed E-state index contributed by atoms with van der Waals surface area (Å²) in [5.41, 5.74) is 2.75. The molecule has 0 aromatic heterocycles. The molecule has 0 aliphatic carbocycles. The molecule has 11 heteroatoms. The summed E-state index contributed by atoms with van der Waals surface area (Å²) in [6, 6.07) is 25.6. The van der Waals surface area contributed by atoms with Crippen molar-refractivity contribution < 1.29 is 38.3 Å². The number of benzene rings is 4. The molecule has 11 nitrogen and oxygen atoms in total. The Morgan fingerprint density at radius 2 is 1.52 bits per heavy atom. The van der Waals surface area contributed by atoms with E-state index in [4.69, 9.17) is 14.2 Å². The van der Waals surface area contributed by atoms with Crippen LogP contribution >= 0.6 is 0 Å². The van der Waals surface area contributed by atoms with E-state index in [-0.39, 0.29) is 35.9 Å². The number of Topliss-reactive ketones (excluding diaryl/α,β-unsaturated/α-hetero) is 1. The van der Waals surface area contributed by atoms with Gasteiger partial charge in [-0.3, -0.25) is 24.5 Å². The molecule has 1 heterocycles. The second kappa shape index (κ2) is 13.0. The zero-order chi connectivity index (χ0) is 31.2. The van der Waals surface area contributed by atoms with Crippen molar-refractivity contribution in [3.05, 3.63) is 118 Å². The highest BCUT2D eigenvalue weighted by Gasteiger charge is 2.36. The zero-order valence-corrected chi connectivity index (χ0v) is 23.5. The van der Waals surface area contributed by atoms with Crippen LogP contribution in [0.3, 0.4) is 0 Å². The van der Waals surface area contributed by atoms with Crippen LogP contribution in [0.25, 0.3) is 11.1 Å². The summed E-state index contributed by atoms with van der Waals surface area (Å²) in [5, 5.41) is 10.9. The zero-order valence-electron chi connectivity index (χ0n) is 23.5. The maximum absolute atomic E-state index is 12.7. The van der Waals surface area contributed by atoms with Crippen molar-refractivity contribution in [1.29, 1.82) is 0 Å². The van der Waals surface area contributed by atoms with Crippen LogP contribution in [0.4, 0.5) is 11.4 Å². The maximum Gasteiger partial charge on any atom is 0.343 e. The summed E-state index contributed by atoms with van der Waals surface area (Å²) in [5.74, 6) is -1.93. The van der Waals surface area contributed by atoms with Crippen molar-refractivity contribution >= 4 is 35.0 Å². The Balaban J connectivity index is 1.12. The van der Waals surface area contributed by atoms with Crippen LogP contribution < -0.4 is 14.4 Å². The molecular weight excluding hydrogens is 568 g/mol. The number of non-ortho nitro benzene ring substituents is 1. The lowest BCUT2D eigenvalue weighted by atomic mass is 10.0. The number of nitro groups is 1. The summed E-state index contributed by atoms with van der Waals surface area (Å²) in [7, 11) is 1.49. The van der Waals surface area contributed by atoms with Gasteiger partial charge in [-0.25, -0.2) is 4.79 Å². The van der Waals surface area contributed by atoms with E-state index in [1.54, 1.807) is 60.7 Å². The van der Waals surface area contributed by atoms with Crippen LogP contribution in [0.1, 0.15) is 27.1 Å². The Bertz CT molecular complexity index is 1720. The van der Waals surface area contributed by atoms with Crippen molar-refractivity contribution in [1.82, 2.24) is 0 Å². The molecule has 0 saturated carbocycles. The largest absolute Gasteiger partial charge is 0.497 e. The fraction of sp³-hybridized carbons (Fsp3) is 0.152. The van der Waals surface area contributed by atoms with E-state index in [1.165, 1.54) is 48.4 Å². The summed E-state index contributed by atoms with van der Waals surface area (Å²) >= 11 is 0. The second-order valence-corrected chi connectivity index (χ2v) is 9.93. The summed E-state index contributed by atoms with van der Waals surface area (Å²) < 4.78 is 15.7. The first-order chi connectivity index (χ1) is 21.2. The van der Waals surface area contributed by atoms with Gasteiger partial charge in [0.1, 0.15) is 11.5 Å². The van der Waals surface area contributed by atoms with Gasteiger partial charge in [-0.05, 0) is 77.9 Å². The molecule has 1 aliphatic rings. The highest BCUT2D eigenvalue weighted by atomic mass is 16.6. The fourth-order valence-electron chi connectivity index (χ4n) is 4.69. The number of nitro benzene ring substituents is 1. The lowest BCUT2D eigenvalue weighted by Gasteiger charge is -2.17. The molecule has 1 aliphatic heterocycles. The van der Waals surface area contributed by atoms with Crippen molar-refractivity contribution in [3.63, 3.8) is 0 Å². The number of esters is 2. The molecular formula is C33H26N2O9. The third-order valence-electron chi connectivity index (χ3n) is 7.09. The number of carbonyl (C=O) groups is 4. The van der Waals surface area contributed by atoms with Crippen LogP contribution in [0.15, 0.2) is 97.1 Å². The number of nitrogens with zero attached hydrogens (tertiary/aromatic N) is 2. The first-order valence-electron chi connectivity index (χ1n) is 13.5. The van der Waals surface area contributed by atoms with Crippen molar-refractivity contribution in [3.8, 4) is 22.6 Å². The fourth-order valence-corrected chi connectivity index (χ4v) is 4.69. The minimum atomic E-state index is -0.733. The number of methoxy groups -OCH3 is 1. The molecule has 4 aromatic carbocycles. The van der Waals surface area contributed by atoms with Crippen LogP contribution in [0, 0.1) is 16.0 Å². The SMILES string of the molecule is COc1cccc(C(=O)Oc2ccc(C(=O)COC(=O)[C@H]3CC(=O)N(c4ccc(-c5ccc([N+](=O)[O-])cc5)cc4)C3)cc2)c1. The molecule has 0 radical (unpaired) electrons. The van der Waals surface area contributed by atoms with Gasteiger partial charge in [-0.2, -0.15) is 0 Å².